The lowest BCUT2D eigenvalue weighted by molar-refractivity contribution is 0.0701. The van der Waals surface area contributed by atoms with Crippen molar-refractivity contribution in [3.8, 4) is 0 Å². The highest BCUT2D eigenvalue weighted by Gasteiger charge is 2.23. The highest BCUT2D eigenvalue weighted by atomic mass is 32.1. The third kappa shape index (κ3) is 2.74. The van der Waals surface area contributed by atoms with Gasteiger partial charge >= 0.3 is 5.97 Å². The molecule has 0 saturated carbocycles. The maximum Gasteiger partial charge on any atom is 0.347 e. The average molecular weight is 320 g/mol. The fourth-order valence-electron chi connectivity index (χ4n) is 2.58. The third-order valence-electron chi connectivity index (χ3n) is 3.72. The first-order valence-electron chi connectivity index (χ1n) is 7.12. The minimum absolute atomic E-state index is 0.160. The van der Waals surface area contributed by atoms with E-state index in [-0.39, 0.29) is 16.8 Å². The van der Waals surface area contributed by atoms with Crippen molar-refractivity contribution in [2.75, 3.05) is 0 Å². The highest BCUT2D eigenvalue weighted by molar-refractivity contribution is 7.13. The molecule has 1 atom stereocenters. The number of amides is 1. The van der Waals surface area contributed by atoms with Crippen LogP contribution in [0.1, 0.15) is 62.2 Å². The molecule has 8 heteroatoms. The number of hydrogen-bond acceptors (Lipinski definition) is 5. The van der Waals surface area contributed by atoms with Gasteiger partial charge in [0.1, 0.15) is 9.88 Å². The van der Waals surface area contributed by atoms with E-state index in [1.807, 2.05) is 0 Å². The summed E-state index contributed by atoms with van der Waals surface area (Å²) in [4.78, 5) is 27.5. The van der Waals surface area contributed by atoms with Gasteiger partial charge < -0.3 is 10.4 Å². The lowest BCUT2D eigenvalue weighted by Gasteiger charge is -2.13. The van der Waals surface area contributed by atoms with Gasteiger partial charge in [0.05, 0.1) is 12.2 Å². The van der Waals surface area contributed by atoms with Crippen molar-refractivity contribution in [1.82, 2.24) is 20.5 Å². The SMILES string of the molecule is CC(NC(=O)c1n[nH]c2c1CCCC2)c1ncc(C(=O)O)s1. The largest absolute Gasteiger partial charge is 0.477 e. The fraction of sp³-hybridized carbons (Fsp3) is 0.429. The number of nitrogens with one attached hydrogen (secondary N) is 2. The van der Waals surface area contributed by atoms with E-state index < -0.39 is 5.97 Å². The molecule has 1 unspecified atom stereocenters. The van der Waals surface area contributed by atoms with Crippen LogP contribution in [-0.4, -0.2) is 32.2 Å². The summed E-state index contributed by atoms with van der Waals surface area (Å²) in [5.41, 5.74) is 2.49. The van der Waals surface area contributed by atoms with E-state index in [0.717, 1.165) is 48.3 Å². The molecule has 0 spiro atoms. The molecule has 1 aliphatic rings. The highest BCUT2D eigenvalue weighted by Crippen LogP contribution is 2.24. The van der Waals surface area contributed by atoms with Crippen LogP contribution < -0.4 is 5.32 Å². The average Bonchev–Trinajstić information content (AvgIpc) is 3.14. The number of carbonyl (C=O) groups is 2. The van der Waals surface area contributed by atoms with E-state index in [0.29, 0.717) is 10.7 Å². The first-order chi connectivity index (χ1) is 10.6. The Labute approximate surface area is 130 Å². The van der Waals surface area contributed by atoms with Gasteiger partial charge in [-0.2, -0.15) is 5.10 Å². The van der Waals surface area contributed by atoms with Crippen LogP contribution in [-0.2, 0) is 12.8 Å². The van der Waals surface area contributed by atoms with E-state index in [1.54, 1.807) is 6.92 Å². The zero-order valence-corrected chi connectivity index (χ0v) is 12.9. The van der Waals surface area contributed by atoms with Crippen LogP contribution in [0.2, 0.25) is 0 Å². The second kappa shape index (κ2) is 5.88. The van der Waals surface area contributed by atoms with Gasteiger partial charge in [-0.15, -0.1) is 11.3 Å². The molecule has 0 fully saturated rings. The molecule has 3 N–H and O–H groups in total. The standard InChI is InChI=1S/C14H16N4O3S/c1-7(13-15-6-10(22-13)14(20)21)16-12(19)11-8-4-2-3-5-9(8)17-18-11/h6-7H,2-5H2,1H3,(H,16,19)(H,17,18)(H,20,21). The topological polar surface area (TPSA) is 108 Å². The maximum atomic E-state index is 12.4. The number of H-pyrrole nitrogens is 1. The van der Waals surface area contributed by atoms with Crippen molar-refractivity contribution >= 4 is 23.2 Å². The Morgan fingerprint density at radius 1 is 1.41 bits per heavy atom. The zero-order chi connectivity index (χ0) is 15.7. The summed E-state index contributed by atoms with van der Waals surface area (Å²) in [6.07, 6.45) is 5.28. The number of hydrogen-bond donors (Lipinski definition) is 3. The van der Waals surface area contributed by atoms with Crippen LogP contribution >= 0.6 is 11.3 Å². The normalized spacial score (nSPS) is 15.1. The van der Waals surface area contributed by atoms with Crippen LogP contribution in [0, 0.1) is 0 Å². The van der Waals surface area contributed by atoms with Crippen LogP contribution in [0.4, 0.5) is 0 Å². The zero-order valence-electron chi connectivity index (χ0n) is 12.0. The number of aryl methyl sites for hydroxylation is 1. The molecule has 0 saturated heterocycles. The van der Waals surface area contributed by atoms with Gasteiger partial charge in [0.25, 0.3) is 5.91 Å². The first kappa shape index (κ1) is 14.7. The van der Waals surface area contributed by atoms with Crippen molar-refractivity contribution in [2.45, 2.75) is 38.6 Å². The molecule has 1 aliphatic carbocycles. The molecule has 0 aliphatic heterocycles. The number of fused-ring (bicyclic) bond motifs is 1. The Hall–Kier alpha value is -2.22. The van der Waals surface area contributed by atoms with Gasteiger partial charge in [-0.1, -0.05) is 0 Å². The number of carboxylic acids is 1. The van der Waals surface area contributed by atoms with E-state index in [1.165, 1.54) is 6.20 Å². The van der Waals surface area contributed by atoms with E-state index in [2.05, 4.69) is 20.5 Å². The monoisotopic (exact) mass is 320 g/mol. The second-order valence-electron chi connectivity index (χ2n) is 5.30. The molecule has 0 radical (unpaired) electrons. The predicted molar refractivity (Wildman–Crippen MR) is 80.2 cm³/mol. The van der Waals surface area contributed by atoms with Crippen molar-refractivity contribution in [3.05, 3.63) is 33.0 Å². The third-order valence-corrected chi connectivity index (χ3v) is 4.89. The minimum atomic E-state index is -1.01. The molecule has 2 aromatic heterocycles. The molecule has 2 aromatic rings. The van der Waals surface area contributed by atoms with Gasteiger partial charge in [-0.05, 0) is 32.6 Å². The number of carbonyl (C=O) groups excluding carboxylic acids is 1. The second-order valence-corrected chi connectivity index (χ2v) is 6.36. The Kier molecular flexibility index (Phi) is 3.93. The molecule has 7 nitrogen and oxygen atoms in total. The lowest BCUT2D eigenvalue weighted by atomic mass is 9.96. The molecule has 0 aromatic carbocycles. The molecule has 116 valence electrons. The lowest BCUT2D eigenvalue weighted by Crippen LogP contribution is -2.28. The van der Waals surface area contributed by atoms with E-state index in [4.69, 9.17) is 5.11 Å². The summed E-state index contributed by atoms with van der Waals surface area (Å²) >= 11 is 1.06. The smallest absolute Gasteiger partial charge is 0.347 e. The number of thiazole rings is 1. The molecular formula is C14H16N4O3S. The summed E-state index contributed by atoms with van der Waals surface area (Å²) in [6.45, 7) is 1.78. The van der Waals surface area contributed by atoms with Crippen LogP contribution in [0.5, 0.6) is 0 Å². The van der Waals surface area contributed by atoms with Gasteiger partial charge in [0.2, 0.25) is 0 Å². The number of aromatic nitrogens is 3. The number of rotatable bonds is 4. The summed E-state index contributed by atoms with van der Waals surface area (Å²) in [5, 5.41) is 19.4. The molecule has 3 rings (SSSR count). The van der Waals surface area contributed by atoms with Crippen LogP contribution in [0.3, 0.4) is 0 Å². The van der Waals surface area contributed by atoms with Crippen molar-refractivity contribution in [2.24, 2.45) is 0 Å². The molecule has 0 bridgehead atoms. The van der Waals surface area contributed by atoms with Gasteiger partial charge in [-0.3, -0.25) is 9.89 Å². The van der Waals surface area contributed by atoms with Crippen molar-refractivity contribution in [3.63, 3.8) is 0 Å². The fourth-order valence-corrected chi connectivity index (χ4v) is 3.34. The Morgan fingerprint density at radius 2 is 2.18 bits per heavy atom. The minimum Gasteiger partial charge on any atom is -0.477 e. The summed E-state index contributed by atoms with van der Waals surface area (Å²) in [7, 11) is 0. The number of nitrogens with zero attached hydrogens (tertiary/aromatic N) is 2. The predicted octanol–water partition coefficient (Wildman–Crippen LogP) is 1.93. The van der Waals surface area contributed by atoms with Crippen LogP contribution in [0.15, 0.2) is 6.20 Å². The number of aromatic carboxylic acids is 1. The van der Waals surface area contributed by atoms with E-state index >= 15 is 0 Å². The number of carboxylic acid groups (broad SMARTS) is 1. The van der Waals surface area contributed by atoms with Gasteiger partial charge in [0, 0.05) is 11.3 Å². The van der Waals surface area contributed by atoms with Crippen LogP contribution in [0.25, 0.3) is 0 Å². The molecule has 22 heavy (non-hydrogen) atoms. The first-order valence-corrected chi connectivity index (χ1v) is 7.94. The van der Waals surface area contributed by atoms with Gasteiger partial charge in [-0.25, -0.2) is 9.78 Å². The molecular weight excluding hydrogens is 304 g/mol. The van der Waals surface area contributed by atoms with E-state index in [9.17, 15) is 9.59 Å². The quantitative estimate of drug-likeness (QED) is 0.798. The Balaban J connectivity index is 1.73. The summed E-state index contributed by atoms with van der Waals surface area (Å²) in [6, 6.07) is -0.360. The summed E-state index contributed by atoms with van der Waals surface area (Å²) in [5.74, 6) is -1.26. The Bertz CT molecular complexity index is 721. The molecule has 2 heterocycles. The number of aromatic amines is 1. The Morgan fingerprint density at radius 3 is 2.91 bits per heavy atom. The van der Waals surface area contributed by atoms with Crippen molar-refractivity contribution in [1.29, 1.82) is 0 Å². The van der Waals surface area contributed by atoms with Crippen molar-refractivity contribution < 1.29 is 14.7 Å². The molecule has 1 amide bonds. The van der Waals surface area contributed by atoms with Gasteiger partial charge in [0.15, 0.2) is 5.69 Å². The summed E-state index contributed by atoms with van der Waals surface area (Å²) < 4.78 is 0. The maximum absolute atomic E-state index is 12.4.